The second-order valence-electron chi connectivity index (χ2n) is 2.89. The minimum atomic E-state index is 0.904. The topological polar surface area (TPSA) is 9.23 Å². The molecule has 0 spiro atoms. The smallest absolute Gasteiger partial charge is 0.151 e. The highest BCUT2D eigenvalue weighted by Crippen LogP contribution is 2.41. The van der Waals surface area contributed by atoms with Gasteiger partial charge in [0, 0.05) is 10.1 Å². The highest BCUT2D eigenvalue weighted by molar-refractivity contribution is 7.83. The summed E-state index contributed by atoms with van der Waals surface area (Å²) in [6.45, 7) is 2.09. The van der Waals surface area contributed by atoms with Crippen molar-refractivity contribution in [1.29, 1.82) is 0 Å². The fourth-order valence-corrected chi connectivity index (χ4v) is 2.95. The van der Waals surface area contributed by atoms with Crippen molar-refractivity contribution < 1.29 is 4.74 Å². The molecule has 1 aromatic heterocycles. The largest absolute Gasteiger partial charge is 0.494 e. The lowest BCUT2D eigenvalue weighted by molar-refractivity contribution is 0.413. The summed E-state index contributed by atoms with van der Waals surface area (Å²) >= 11 is 6.03. The minimum Gasteiger partial charge on any atom is -0.494 e. The van der Waals surface area contributed by atoms with Gasteiger partial charge >= 0.3 is 0 Å². The molecule has 13 heavy (non-hydrogen) atoms. The monoisotopic (exact) mass is 210 g/mol. The van der Waals surface area contributed by atoms with Crippen molar-refractivity contribution in [3.8, 4) is 5.75 Å². The molecule has 68 valence electrons. The van der Waals surface area contributed by atoms with E-state index >= 15 is 0 Å². The molecule has 0 saturated heterocycles. The van der Waals surface area contributed by atoms with Crippen molar-refractivity contribution >= 4 is 34.1 Å². The number of hydrogen-bond acceptors (Lipinski definition) is 3. The number of hydrogen-bond donors (Lipinski definition) is 1. The number of thiol groups is 1. The SMILES string of the molecule is COc1c(S)sc2cccc(C)c12. The van der Waals surface area contributed by atoms with Gasteiger partial charge in [-0.2, -0.15) is 0 Å². The number of fused-ring (bicyclic) bond motifs is 1. The van der Waals surface area contributed by atoms with Crippen LogP contribution in [0.25, 0.3) is 10.1 Å². The second-order valence-corrected chi connectivity index (χ2v) is 4.69. The summed E-state index contributed by atoms with van der Waals surface area (Å²) < 4.78 is 7.50. The highest BCUT2D eigenvalue weighted by atomic mass is 32.2. The molecule has 3 heteroatoms. The van der Waals surface area contributed by atoms with Gasteiger partial charge in [-0.3, -0.25) is 0 Å². The van der Waals surface area contributed by atoms with E-state index in [0.717, 1.165) is 9.96 Å². The number of methoxy groups -OCH3 is 1. The normalized spacial score (nSPS) is 10.7. The first-order valence-corrected chi connectivity index (χ1v) is 5.25. The van der Waals surface area contributed by atoms with E-state index in [2.05, 4.69) is 37.8 Å². The van der Waals surface area contributed by atoms with Gasteiger partial charge in [0.25, 0.3) is 0 Å². The van der Waals surface area contributed by atoms with Crippen LogP contribution in [0.5, 0.6) is 5.75 Å². The van der Waals surface area contributed by atoms with Crippen LogP contribution < -0.4 is 4.74 Å². The van der Waals surface area contributed by atoms with Crippen molar-refractivity contribution in [2.45, 2.75) is 11.1 Å². The molecule has 0 aliphatic heterocycles. The zero-order chi connectivity index (χ0) is 9.42. The Morgan fingerprint density at radius 1 is 1.38 bits per heavy atom. The Labute approximate surface area is 86.8 Å². The predicted molar refractivity (Wildman–Crippen MR) is 60.4 cm³/mol. The van der Waals surface area contributed by atoms with E-state index < -0.39 is 0 Å². The van der Waals surface area contributed by atoms with Crippen LogP contribution in [-0.4, -0.2) is 7.11 Å². The van der Waals surface area contributed by atoms with E-state index in [1.807, 2.05) is 0 Å². The Morgan fingerprint density at radius 3 is 2.85 bits per heavy atom. The van der Waals surface area contributed by atoms with Crippen LogP contribution in [0.2, 0.25) is 0 Å². The number of aryl methyl sites for hydroxylation is 1. The molecule has 0 fully saturated rings. The van der Waals surface area contributed by atoms with Gasteiger partial charge in [-0.25, -0.2) is 0 Å². The van der Waals surface area contributed by atoms with Gasteiger partial charge in [-0.05, 0) is 18.6 Å². The number of rotatable bonds is 1. The summed E-state index contributed by atoms with van der Waals surface area (Å²) in [5, 5.41) is 1.19. The molecule has 0 N–H and O–H groups in total. The lowest BCUT2D eigenvalue weighted by atomic mass is 10.1. The van der Waals surface area contributed by atoms with Crippen molar-refractivity contribution in [3.05, 3.63) is 23.8 Å². The van der Waals surface area contributed by atoms with Gasteiger partial charge in [0.1, 0.15) is 4.21 Å². The van der Waals surface area contributed by atoms with Crippen LogP contribution in [0.15, 0.2) is 22.4 Å². The molecular weight excluding hydrogens is 200 g/mol. The minimum absolute atomic E-state index is 0.904. The first-order chi connectivity index (χ1) is 6.24. The van der Waals surface area contributed by atoms with E-state index in [9.17, 15) is 0 Å². The zero-order valence-electron chi connectivity index (χ0n) is 7.50. The fourth-order valence-electron chi connectivity index (χ4n) is 1.46. The Morgan fingerprint density at radius 2 is 2.15 bits per heavy atom. The molecule has 1 nitrogen and oxygen atoms in total. The molecule has 0 saturated carbocycles. The molecule has 1 aromatic carbocycles. The van der Waals surface area contributed by atoms with Crippen LogP contribution in [0, 0.1) is 6.92 Å². The Kier molecular flexibility index (Phi) is 2.22. The van der Waals surface area contributed by atoms with Crippen molar-refractivity contribution in [3.63, 3.8) is 0 Å². The van der Waals surface area contributed by atoms with Gasteiger partial charge in [-0.1, -0.05) is 12.1 Å². The Balaban J connectivity index is 2.88. The third-order valence-electron chi connectivity index (χ3n) is 2.07. The van der Waals surface area contributed by atoms with Gasteiger partial charge in [0.2, 0.25) is 0 Å². The van der Waals surface area contributed by atoms with Crippen LogP contribution >= 0.6 is 24.0 Å². The molecule has 1 heterocycles. The first-order valence-electron chi connectivity index (χ1n) is 3.99. The van der Waals surface area contributed by atoms with E-state index in [1.54, 1.807) is 18.4 Å². The quantitative estimate of drug-likeness (QED) is 0.709. The number of ether oxygens (including phenoxy) is 1. The summed E-state index contributed by atoms with van der Waals surface area (Å²) in [6.07, 6.45) is 0. The first kappa shape index (κ1) is 8.91. The van der Waals surface area contributed by atoms with Crippen LogP contribution in [0.4, 0.5) is 0 Å². The summed E-state index contributed by atoms with van der Waals surface area (Å²) in [4.78, 5) is 0. The molecule has 2 aromatic rings. The van der Waals surface area contributed by atoms with Crippen LogP contribution in [0.1, 0.15) is 5.56 Å². The van der Waals surface area contributed by atoms with Crippen molar-refractivity contribution in [2.24, 2.45) is 0 Å². The highest BCUT2D eigenvalue weighted by Gasteiger charge is 2.10. The van der Waals surface area contributed by atoms with Crippen molar-refractivity contribution in [1.82, 2.24) is 0 Å². The molecule has 2 rings (SSSR count). The Hall–Kier alpha value is -0.670. The Bertz CT molecular complexity index is 445. The third kappa shape index (κ3) is 1.32. The second kappa shape index (κ2) is 3.24. The van der Waals surface area contributed by atoms with E-state index in [1.165, 1.54) is 15.6 Å². The molecule has 0 atom stereocenters. The van der Waals surface area contributed by atoms with E-state index in [-0.39, 0.29) is 0 Å². The van der Waals surface area contributed by atoms with Crippen LogP contribution in [0.3, 0.4) is 0 Å². The van der Waals surface area contributed by atoms with E-state index in [0.29, 0.717) is 0 Å². The molecular formula is C10H10OS2. The summed E-state index contributed by atoms with van der Waals surface area (Å²) in [7, 11) is 1.69. The maximum absolute atomic E-state index is 5.31. The van der Waals surface area contributed by atoms with Gasteiger partial charge in [0.05, 0.1) is 7.11 Å². The molecule has 0 amide bonds. The lowest BCUT2D eigenvalue weighted by Gasteiger charge is -2.00. The molecule has 0 bridgehead atoms. The molecule has 0 aliphatic carbocycles. The number of benzene rings is 1. The third-order valence-corrected chi connectivity index (χ3v) is 3.48. The molecule has 0 radical (unpaired) electrons. The lowest BCUT2D eigenvalue weighted by Crippen LogP contribution is -1.82. The van der Waals surface area contributed by atoms with Gasteiger partial charge in [0.15, 0.2) is 5.75 Å². The summed E-state index contributed by atoms with van der Waals surface area (Å²) in [5.74, 6) is 0.904. The average molecular weight is 210 g/mol. The van der Waals surface area contributed by atoms with Crippen LogP contribution in [-0.2, 0) is 0 Å². The standard InChI is InChI=1S/C10H10OS2/c1-6-4-3-5-7-8(6)9(11-2)10(12)13-7/h3-5,12H,1-2H3. The summed E-state index contributed by atoms with van der Waals surface area (Å²) in [6, 6.07) is 6.24. The fraction of sp³-hybridized carbons (Fsp3) is 0.200. The van der Waals surface area contributed by atoms with Gasteiger partial charge < -0.3 is 4.74 Å². The maximum atomic E-state index is 5.31. The summed E-state index contributed by atoms with van der Waals surface area (Å²) in [5.41, 5.74) is 1.24. The zero-order valence-corrected chi connectivity index (χ0v) is 9.21. The number of thiophene rings is 1. The van der Waals surface area contributed by atoms with E-state index in [4.69, 9.17) is 4.74 Å². The maximum Gasteiger partial charge on any atom is 0.151 e. The molecule has 0 unspecified atom stereocenters. The van der Waals surface area contributed by atoms with Crippen molar-refractivity contribution in [2.75, 3.05) is 7.11 Å². The predicted octanol–water partition coefficient (Wildman–Crippen LogP) is 3.51. The average Bonchev–Trinajstić information content (AvgIpc) is 2.42. The molecule has 0 aliphatic rings. The van der Waals surface area contributed by atoms with Gasteiger partial charge in [-0.15, -0.1) is 24.0 Å².